The first kappa shape index (κ1) is 9.56. The molecule has 1 aliphatic rings. The third-order valence-corrected chi connectivity index (χ3v) is 2.49. The zero-order valence-corrected chi connectivity index (χ0v) is 7.94. The average Bonchev–Trinajstić information content (AvgIpc) is 2.45. The van der Waals surface area contributed by atoms with Gasteiger partial charge >= 0.3 is 0 Å². The topological polar surface area (TPSA) is 29.1 Å². The molecule has 1 N–H and O–H groups in total. The zero-order chi connectivity index (χ0) is 8.81. The van der Waals surface area contributed by atoms with E-state index in [4.69, 9.17) is 0 Å². The van der Waals surface area contributed by atoms with Gasteiger partial charge in [-0.05, 0) is 12.8 Å². The SMILES string of the molecule is CCCCCC[C@H]1CCC(=O)N1. The number of unbranched alkanes of at least 4 members (excludes halogenated alkanes) is 3. The van der Waals surface area contributed by atoms with E-state index in [1.54, 1.807) is 0 Å². The van der Waals surface area contributed by atoms with E-state index in [0.29, 0.717) is 6.04 Å². The molecular weight excluding hydrogens is 150 g/mol. The Morgan fingerprint density at radius 2 is 2.25 bits per heavy atom. The lowest BCUT2D eigenvalue weighted by atomic mass is 10.1. The molecule has 1 heterocycles. The molecule has 1 aliphatic heterocycles. The predicted octanol–water partition coefficient (Wildman–Crippen LogP) is 2.24. The van der Waals surface area contributed by atoms with Crippen LogP contribution in [0.3, 0.4) is 0 Å². The summed E-state index contributed by atoms with van der Waals surface area (Å²) in [5.74, 6) is 0.246. The van der Waals surface area contributed by atoms with Gasteiger partial charge < -0.3 is 5.32 Å². The van der Waals surface area contributed by atoms with Crippen LogP contribution in [0.1, 0.15) is 51.9 Å². The van der Waals surface area contributed by atoms with Crippen LogP contribution in [-0.4, -0.2) is 11.9 Å². The van der Waals surface area contributed by atoms with Crippen molar-refractivity contribution in [2.75, 3.05) is 0 Å². The lowest BCUT2D eigenvalue weighted by Crippen LogP contribution is -2.24. The van der Waals surface area contributed by atoms with Crippen LogP contribution < -0.4 is 5.32 Å². The summed E-state index contributed by atoms with van der Waals surface area (Å²) >= 11 is 0. The van der Waals surface area contributed by atoms with Crippen LogP contribution in [0.25, 0.3) is 0 Å². The van der Waals surface area contributed by atoms with Crippen LogP contribution in [-0.2, 0) is 4.79 Å². The van der Waals surface area contributed by atoms with Crippen LogP contribution in [0.2, 0.25) is 0 Å². The van der Waals surface area contributed by atoms with Crippen molar-refractivity contribution in [2.45, 2.75) is 57.9 Å². The quantitative estimate of drug-likeness (QED) is 0.628. The Hall–Kier alpha value is -0.530. The molecule has 0 radical (unpaired) electrons. The fraction of sp³-hybridized carbons (Fsp3) is 0.900. The van der Waals surface area contributed by atoms with Gasteiger partial charge in [-0.1, -0.05) is 32.6 Å². The molecule has 1 fully saturated rings. The third kappa shape index (κ3) is 3.24. The Kier molecular flexibility index (Phi) is 4.12. The molecule has 0 aromatic rings. The third-order valence-electron chi connectivity index (χ3n) is 2.49. The molecule has 0 aromatic heterocycles. The van der Waals surface area contributed by atoms with Crippen LogP contribution in [0, 0.1) is 0 Å². The lowest BCUT2D eigenvalue weighted by Gasteiger charge is -2.08. The molecule has 0 unspecified atom stereocenters. The van der Waals surface area contributed by atoms with E-state index >= 15 is 0 Å². The number of hydrogen-bond acceptors (Lipinski definition) is 1. The molecule has 0 aliphatic carbocycles. The van der Waals surface area contributed by atoms with Crippen LogP contribution >= 0.6 is 0 Å². The summed E-state index contributed by atoms with van der Waals surface area (Å²) in [4.78, 5) is 10.8. The van der Waals surface area contributed by atoms with Crippen molar-refractivity contribution < 1.29 is 4.79 Å². The van der Waals surface area contributed by atoms with Crippen molar-refractivity contribution in [3.8, 4) is 0 Å². The van der Waals surface area contributed by atoms with Gasteiger partial charge in [0.05, 0.1) is 0 Å². The summed E-state index contributed by atoms with van der Waals surface area (Å²) in [7, 11) is 0. The molecule has 1 rings (SSSR count). The van der Waals surface area contributed by atoms with Gasteiger partial charge in [-0.25, -0.2) is 0 Å². The number of rotatable bonds is 5. The molecule has 2 nitrogen and oxygen atoms in total. The van der Waals surface area contributed by atoms with Crippen molar-refractivity contribution in [2.24, 2.45) is 0 Å². The Morgan fingerprint density at radius 1 is 1.42 bits per heavy atom. The predicted molar refractivity (Wildman–Crippen MR) is 49.9 cm³/mol. The van der Waals surface area contributed by atoms with Crippen molar-refractivity contribution in [1.82, 2.24) is 5.32 Å². The minimum absolute atomic E-state index is 0.246. The maximum atomic E-state index is 10.8. The highest BCUT2D eigenvalue weighted by molar-refractivity contribution is 5.78. The Balaban J connectivity index is 1.97. The number of carbonyl (C=O) groups is 1. The molecule has 1 amide bonds. The van der Waals surface area contributed by atoms with E-state index in [-0.39, 0.29) is 5.91 Å². The van der Waals surface area contributed by atoms with Crippen LogP contribution in [0.15, 0.2) is 0 Å². The van der Waals surface area contributed by atoms with E-state index in [1.807, 2.05) is 0 Å². The van der Waals surface area contributed by atoms with E-state index in [2.05, 4.69) is 12.2 Å². The smallest absolute Gasteiger partial charge is 0.220 e. The summed E-state index contributed by atoms with van der Waals surface area (Å²) in [5.41, 5.74) is 0. The standard InChI is InChI=1S/C10H19NO/c1-2-3-4-5-6-9-7-8-10(12)11-9/h9H,2-8H2,1H3,(H,11,12)/t9-/m0/s1. The maximum Gasteiger partial charge on any atom is 0.220 e. The van der Waals surface area contributed by atoms with Crippen LogP contribution in [0.4, 0.5) is 0 Å². The first-order valence-corrected chi connectivity index (χ1v) is 5.12. The highest BCUT2D eigenvalue weighted by Crippen LogP contribution is 2.13. The van der Waals surface area contributed by atoms with E-state index < -0.39 is 0 Å². The average molecular weight is 169 g/mol. The molecule has 12 heavy (non-hydrogen) atoms. The number of carbonyl (C=O) groups excluding carboxylic acids is 1. The van der Waals surface area contributed by atoms with Crippen molar-refractivity contribution >= 4 is 5.91 Å². The molecule has 2 heteroatoms. The molecule has 0 saturated carbocycles. The second-order valence-corrected chi connectivity index (χ2v) is 3.65. The van der Waals surface area contributed by atoms with E-state index in [0.717, 1.165) is 12.8 Å². The van der Waals surface area contributed by atoms with Crippen molar-refractivity contribution in [3.63, 3.8) is 0 Å². The Bertz CT molecular complexity index is 145. The van der Waals surface area contributed by atoms with Gasteiger partial charge in [0.1, 0.15) is 0 Å². The highest BCUT2D eigenvalue weighted by atomic mass is 16.1. The molecule has 0 aromatic carbocycles. The first-order chi connectivity index (χ1) is 5.83. The van der Waals surface area contributed by atoms with Gasteiger partial charge in [0.25, 0.3) is 0 Å². The summed E-state index contributed by atoms with van der Waals surface area (Å²) < 4.78 is 0. The fourth-order valence-corrected chi connectivity index (χ4v) is 1.71. The summed E-state index contributed by atoms with van der Waals surface area (Å²) in [6.07, 6.45) is 8.22. The highest BCUT2D eigenvalue weighted by Gasteiger charge is 2.19. The number of amides is 1. The molecule has 1 saturated heterocycles. The summed E-state index contributed by atoms with van der Waals surface area (Å²) in [6.45, 7) is 2.22. The Labute approximate surface area is 74.7 Å². The lowest BCUT2D eigenvalue weighted by molar-refractivity contribution is -0.119. The Morgan fingerprint density at radius 3 is 2.83 bits per heavy atom. The van der Waals surface area contributed by atoms with Crippen LogP contribution in [0.5, 0.6) is 0 Å². The summed E-state index contributed by atoms with van der Waals surface area (Å²) in [5, 5.41) is 2.99. The van der Waals surface area contributed by atoms with Gasteiger partial charge in [0.2, 0.25) is 5.91 Å². The second-order valence-electron chi connectivity index (χ2n) is 3.65. The van der Waals surface area contributed by atoms with E-state index in [9.17, 15) is 4.79 Å². The molecule has 0 bridgehead atoms. The monoisotopic (exact) mass is 169 g/mol. The normalized spacial score (nSPS) is 22.8. The maximum absolute atomic E-state index is 10.8. The van der Waals surface area contributed by atoms with Gasteiger partial charge in [0, 0.05) is 12.5 Å². The van der Waals surface area contributed by atoms with Crippen molar-refractivity contribution in [3.05, 3.63) is 0 Å². The van der Waals surface area contributed by atoms with Gasteiger partial charge in [-0.2, -0.15) is 0 Å². The minimum Gasteiger partial charge on any atom is -0.353 e. The molecule has 1 atom stereocenters. The van der Waals surface area contributed by atoms with Gasteiger partial charge in [0.15, 0.2) is 0 Å². The summed E-state index contributed by atoms with van der Waals surface area (Å²) in [6, 6.07) is 0.495. The van der Waals surface area contributed by atoms with Crippen molar-refractivity contribution in [1.29, 1.82) is 0 Å². The zero-order valence-electron chi connectivity index (χ0n) is 7.94. The minimum atomic E-state index is 0.246. The van der Waals surface area contributed by atoms with Gasteiger partial charge in [-0.15, -0.1) is 0 Å². The first-order valence-electron chi connectivity index (χ1n) is 5.12. The number of hydrogen-bond donors (Lipinski definition) is 1. The number of nitrogens with one attached hydrogen (secondary N) is 1. The fourth-order valence-electron chi connectivity index (χ4n) is 1.71. The second kappa shape index (κ2) is 5.18. The van der Waals surface area contributed by atoms with Gasteiger partial charge in [-0.3, -0.25) is 4.79 Å². The molecule has 0 spiro atoms. The largest absolute Gasteiger partial charge is 0.353 e. The molecular formula is C10H19NO. The molecule has 70 valence electrons. The van der Waals surface area contributed by atoms with E-state index in [1.165, 1.54) is 32.1 Å².